The fraction of sp³-hybridized carbons (Fsp3) is 0.562. The van der Waals surface area contributed by atoms with E-state index in [-0.39, 0.29) is 12.1 Å². The van der Waals surface area contributed by atoms with Gasteiger partial charge in [0.1, 0.15) is 11.8 Å². The predicted molar refractivity (Wildman–Crippen MR) is 80.2 cm³/mol. The highest BCUT2D eigenvalue weighted by Crippen LogP contribution is 2.17. The molecule has 1 aromatic carbocycles. The molecule has 0 fully saturated rings. The van der Waals surface area contributed by atoms with E-state index >= 15 is 0 Å². The van der Waals surface area contributed by atoms with Crippen LogP contribution in [0.4, 0.5) is 0 Å². The van der Waals surface area contributed by atoms with Gasteiger partial charge in [-0.2, -0.15) is 0 Å². The van der Waals surface area contributed by atoms with Gasteiger partial charge in [-0.05, 0) is 58.9 Å². The molecule has 4 heteroatoms. The van der Waals surface area contributed by atoms with Crippen LogP contribution in [-0.4, -0.2) is 41.2 Å². The van der Waals surface area contributed by atoms with Crippen LogP contribution in [0.2, 0.25) is 0 Å². The number of likely N-dealkylation sites (N-methyl/N-ethyl adjacent to an activating group) is 1. The van der Waals surface area contributed by atoms with Gasteiger partial charge in [0, 0.05) is 6.04 Å². The molecule has 112 valence electrons. The Morgan fingerprint density at radius 1 is 1.20 bits per heavy atom. The molecule has 0 aliphatic rings. The van der Waals surface area contributed by atoms with Gasteiger partial charge in [0.2, 0.25) is 0 Å². The van der Waals surface area contributed by atoms with Gasteiger partial charge in [-0.3, -0.25) is 9.69 Å². The number of aliphatic carboxylic acids is 1. The minimum atomic E-state index is -0.788. The second-order valence-corrected chi connectivity index (χ2v) is 5.63. The maximum absolute atomic E-state index is 11.4. The van der Waals surface area contributed by atoms with Gasteiger partial charge in [-0.25, -0.2) is 0 Å². The molecule has 0 bridgehead atoms. The fourth-order valence-corrected chi connectivity index (χ4v) is 1.96. The molecule has 20 heavy (non-hydrogen) atoms. The zero-order valence-electron chi connectivity index (χ0n) is 13.0. The summed E-state index contributed by atoms with van der Waals surface area (Å²) in [6.07, 6.45) is 0.631. The third-order valence-corrected chi connectivity index (χ3v) is 3.32. The number of carboxylic acid groups (broad SMARTS) is 1. The molecule has 0 heterocycles. The molecule has 0 radical (unpaired) electrons. The van der Waals surface area contributed by atoms with Gasteiger partial charge in [0.25, 0.3) is 0 Å². The molecule has 0 aromatic heterocycles. The molecule has 0 aliphatic heterocycles. The summed E-state index contributed by atoms with van der Waals surface area (Å²) >= 11 is 0. The van der Waals surface area contributed by atoms with Crippen molar-refractivity contribution in [3.05, 3.63) is 29.8 Å². The van der Waals surface area contributed by atoms with Gasteiger partial charge in [0.05, 0.1) is 6.10 Å². The topological polar surface area (TPSA) is 49.8 Å². The SMILES string of the molecule is CC(C)Oc1ccc(C[C@@H](C(=O)O)N(C)C(C)C)cc1. The van der Waals surface area contributed by atoms with Crippen molar-refractivity contribution < 1.29 is 14.6 Å². The van der Waals surface area contributed by atoms with Crippen molar-refractivity contribution in [1.29, 1.82) is 0 Å². The van der Waals surface area contributed by atoms with Crippen LogP contribution in [0.5, 0.6) is 5.75 Å². The average molecular weight is 279 g/mol. The van der Waals surface area contributed by atoms with Crippen LogP contribution < -0.4 is 4.74 Å². The first-order chi connectivity index (χ1) is 9.31. The van der Waals surface area contributed by atoms with Crippen LogP contribution in [0.15, 0.2) is 24.3 Å². The minimum absolute atomic E-state index is 0.139. The summed E-state index contributed by atoms with van der Waals surface area (Å²) in [5.74, 6) is 0.0246. The van der Waals surface area contributed by atoms with Gasteiger partial charge in [-0.1, -0.05) is 12.1 Å². The number of carbonyl (C=O) groups is 1. The van der Waals surface area contributed by atoms with Crippen LogP contribution in [0.1, 0.15) is 33.3 Å². The lowest BCUT2D eigenvalue weighted by Gasteiger charge is -2.28. The average Bonchev–Trinajstić information content (AvgIpc) is 2.35. The first kappa shape index (κ1) is 16.5. The van der Waals surface area contributed by atoms with Crippen LogP contribution in [0, 0.1) is 0 Å². The molecular formula is C16H25NO3. The summed E-state index contributed by atoms with van der Waals surface area (Å²) in [5.41, 5.74) is 1.00. The summed E-state index contributed by atoms with van der Waals surface area (Å²) < 4.78 is 5.58. The minimum Gasteiger partial charge on any atom is -0.491 e. The maximum Gasteiger partial charge on any atom is 0.321 e. The van der Waals surface area contributed by atoms with Crippen LogP contribution >= 0.6 is 0 Å². The van der Waals surface area contributed by atoms with E-state index in [4.69, 9.17) is 4.74 Å². The largest absolute Gasteiger partial charge is 0.491 e. The zero-order valence-corrected chi connectivity index (χ0v) is 13.0. The quantitative estimate of drug-likeness (QED) is 0.834. The summed E-state index contributed by atoms with van der Waals surface area (Å²) in [6.45, 7) is 7.95. The van der Waals surface area contributed by atoms with Gasteiger partial charge in [-0.15, -0.1) is 0 Å². The monoisotopic (exact) mass is 279 g/mol. The van der Waals surface area contributed by atoms with Gasteiger partial charge >= 0.3 is 5.97 Å². The highest BCUT2D eigenvalue weighted by molar-refractivity contribution is 5.74. The lowest BCUT2D eigenvalue weighted by atomic mass is 10.0. The second-order valence-electron chi connectivity index (χ2n) is 5.63. The van der Waals surface area contributed by atoms with E-state index in [9.17, 15) is 9.90 Å². The third-order valence-electron chi connectivity index (χ3n) is 3.32. The number of ether oxygens (including phenoxy) is 1. The van der Waals surface area contributed by atoms with Crippen molar-refractivity contribution in [2.24, 2.45) is 0 Å². The van der Waals surface area contributed by atoms with E-state index in [2.05, 4.69) is 0 Å². The molecule has 0 saturated carbocycles. The van der Waals surface area contributed by atoms with Crippen molar-refractivity contribution in [2.75, 3.05) is 7.05 Å². The number of nitrogens with zero attached hydrogens (tertiary/aromatic N) is 1. The number of hydrogen-bond acceptors (Lipinski definition) is 3. The van der Waals surface area contributed by atoms with E-state index < -0.39 is 12.0 Å². The van der Waals surface area contributed by atoms with E-state index in [1.807, 2.05) is 63.9 Å². The third kappa shape index (κ3) is 4.85. The molecule has 1 aromatic rings. The molecular weight excluding hydrogens is 254 g/mol. The summed E-state index contributed by atoms with van der Waals surface area (Å²) in [6, 6.07) is 7.34. The number of carboxylic acids is 1. The summed E-state index contributed by atoms with van der Waals surface area (Å²) in [5, 5.41) is 9.36. The normalized spacial score (nSPS) is 13.0. The molecule has 1 N–H and O–H groups in total. The Labute approximate surface area is 121 Å². The molecule has 1 rings (SSSR count). The number of hydrogen-bond donors (Lipinski definition) is 1. The van der Waals surface area contributed by atoms with Crippen molar-refractivity contribution in [3.63, 3.8) is 0 Å². The lowest BCUT2D eigenvalue weighted by molar-refractivity contribution is -0.143. The highest BCUT2D eigenvalue weighted by Gasteiger charge is 2.24. The van der Waals surface area contributed by atoms with Gasteiger partial charge < -0.3 is 9.84 Å². The molecule has 4 nitrogen and oxygen atoms in total. The Morgan fingerprint density at radius 2 is 1.75 bits per heavy atom. The van der Waals surface area contributed by atoms with E-state index in [0.29, 0.717) is 6.42 Å². The zero-order chi connectivity index (χ0) is 15.3. The van der Waals surface area contributed by atoms with Crippen molar-refractivity contribution in [1.82, 2.24) is 4.90 Å². The van der Waals surface area contributed by atoms with Gasteiger partial charge in [0.15, 0.2) is 0 Å². The molecule has 1 atom stereocenters. The Morgan fingerprint density at radius 3 is 2.15 bits per heavy atom. The van der Waals surface area contributed by atoms with Crippen molar-refractivity contribution in [2.45, 2.75) is 52.3 Å². The molecule has 0 amide bonds. The number of benzene rings is 1. The Hall–Kier alpha value is -1.55. The smallest absolute Gasteiger partial charge is 0.321 e. The molecule has 0 saturated heterocycles. The molecule has 0 unspecified atom stereocenters. The Balaban J connectivity index is 2.76. The van der Waals surface area contributed by atoms with Crippen molar-refractivity contribution >= 4 is 5.97 Å². The van der Waals surface area contributed by atoms with Crippen LogP contribution in [0.25, 0.3) is 0 Å². The van der Waals surface area contributed by atoms with Crippen LogP contribution in [0.3, 0.4) is 0 Å². The predicted octanol–water partition coefficient (Wildman–Crippen LogP) is 2.81. The first-order valence-electron chi connectivity index (χ1n) is 7.01. The number of rotatable bonds is 7. The molecule has 0 spiro atoms. The van der Waals surface area contributed by atoms with Crippen molar-refractivity contribution in [3.8, 4) is 5.75 Å². The van der Waals surface area contributed by atoms with Crippen LogP contribution in [-0.2, 0) is 11.2 Å². The fourth-order valence-electron chi connectivity index (χ4n) is 1.96. The standard InChI is InChI=1S/C16H25NO3/c1-11(2)17(5)15(16(18)19)10-13-6-8-14(9-7-13)20-12(3)4/h6-9,11-12,15H,10H2,1-5H3,(H,18,19)/t15-/m0/s1. The second kappa shape index (κ2) is 7.29. The summed E-state index contributed by atoms with van der Waals surface area (Å²) in [4.78, 5) is 13.3. The highest BCUT2D eigenvalue weighted by atomic mass is 16.5. The Bertz CT molecular complexity index is 426. The van der Waals surface area contributed by atoms with E-state index in [1.165, 1.54) is 0 Å². The first-order valence-corrected chi connectivity index (χ1v) is 7.01. The maximum atomic E-state index is 11.4. The Kier molecular flexibility index (Phi) is 6.02. The summed E-state index contributed by atoms with van der Waals surface area (Å²) in [7, 11) is 1.85. The van der Waals surface area contributed by atoms with E-state index in [0.717, 1.165) is 11.3 Å². The van der Waals surface area contributed by atoms with E-state index in [1.54, 1.807) is 0 Å². The lowest BCUT2D eigenvalue weighted by Crippen LogP contribution is -2.43. The molecule has 0 aliphatic carbocycles.